The molecule has 2 heterocycles. The second kappa shape index (κ2) is 5.71. The number of amides is 1. The Bertz CT molecular complexity index is 596. The van der Waals surface area contributed by atoms with E-state index in [9.17, 15) is 4.79 Å². The van der Waals surface area contributed by atoms with Gasteiger partial charge in [-0.1, -0.05) is 18.2 Å². The minimum absolute atomic E-state index is 0.0983. The van der Waals surface area contributed by atoms with Gasteiger partial charge in [0.05, 0.1) is 11.4 Å². The number of aryl methyl sites for hydroxylation is 1. The van der Waals surface area contributed by atoms with Gasteiger partial charge in [0.25, 0.3) is 0 Å². The summed E-state index contributed by atoms with van der Waals surface area (Å²) in [7, 11) is 0. The standard InChI is InChI=1S/C15H17N3OS/c1-12(20-13-6-3-2-4-7-13)15(19)17-10-5-11-18-14(17)8-9-16-18/h2-4,6-9,12H,5,10-11H2,1H3/t12-/m0/s1. The van der Waals surface area contributed by atoms with Crippen molar-refractivity contribution in [1.82, 2.24) is 9.78 Å². The molecule has 3 rings (SSSR count). The first kappa shape index (κ1) is 13.2. The Labute approximate surface area is 122 Å². The Balaban J connectivity index is 1.74. The van der Waals surface area contributed by atoms with E-state index in [0.29, 0.717) is 0 Å². The molecule has 0 bridgehead atoms. The molecule has 2 aromatic rings. The minimum Gasteiger partial charge on any atom is -0.296 e. The van der Waals surface area contributed by atoms with E-state index in [4.69, 9.17) is 0 Å². The Morgan fingerprint density at radius 1 is 1.25 bits per heavy atom. The summed E-state index contributed by atoms with van der Waals surface area (Å²) in [6.45, 7) is 3.64. The van der Waals surface area contributed by atoms with Gasteiger partial charge < -0.3 is 0 Å². The predicted molar refractivity (Wildman–Crippen MR) is 81.0 cm³/mol. The summed E-state index contributed by atoms with van der Waals surface area (Å²) in [6.07, 6.45) is 2.72. The summed E-state index contributed by atoms with van der Waals surface area (Å²) in [6, 6.07) is 12.0. The van der Waals surface area contributed by atoms with Gasteiger partial charge in [0.1, 0.15) is 5.82 Å². The molecule has 0 spiro atoms. The summed E-state index contributed by atoms with van der Waals surface area (Å²) >= 11 is 1.60. The molecular formula is C15H17N3OS. The van der Waals surface area contributed by atoms with Crippen molar-refractivity contribution < 1.29 is 4.79 Å². The average Bonchev–Trinajstić information content (AvgIpc) is 2.96. The maximum absolute atomic E-state index is 12.6. The van der Waals surface area contributed by atoms with Gasteiger partial charge in [-0.25, -0.2) is 4.68 Å². The SMILES string of the molecule is C[C@H](Sc1ccccc1)C(=O)N1CCCn2nccc21. The fourth-order valence-corrected chi connectivity index (χ4v) is 3.37. The van der Waals surface area contributed by atoms with Crippen LogP contribution in [-0.2, 0) is 11.3 Å². The van der Waals surface area contributed by atoms with Crippen molar-refractivity contribution in [2.75, 3.05) is 11.4 Å². The zero-order valence-electron chi connectivity index (χ0n) is 11.4. The first-order chi connectivity index (χ1) is 9.75. The predicted octanol–water partition coefficient (Wildman–Crippen LogP) is 2.80. The maximum Gasteiger partial charge on any atom is 0.241 e. The van der Waals surface area contributed by atoms with Crippen molar-refractivity contribution in [2.24, 2.45) is 0 Å². The molecule has 0 saturated carbocycles. The van der Waals surface area contributed by atoms with Crippen LogP contribution < -0.4 is 4.90 Å². The molecule has 0 unspecified atom stereocenters. The first-order valence-corrected chi connectivity index (χ1v) is 7.68. The molecule has 1 atom stereocenters. The lowest BCUT2D eigenvalue weighted by molar-refractivity contribution is -0.118. The van der Waals surface area contributed by atoms with Gasteiger partial charge in [-0.15, -0.1) is 11.8 Å². The number of thioether (sulfide) groups is 1. The molecule has 1 aliphatic rings. The number of carbonyl (C=O) groups excluding carboxylic acids is 1. The van der Waals surface area contributed by atoms with Gasteiger partial charge in [-0.2, -0.15) is 5.10 Å². The van der Waals surface area contributed by atoms with Gasteiger partial charge in [0, 0.05) is 24.1 Å². The zero-order chi connectivity index (χ0) is 13.9. The van der Waals surface area contributed by atoms with Crippen LogP contribution in [0.1, 0.15) is 13.3 Å². The van der Waals surface area contributed by atoms with E-state index in [2.05, 4.69) is 5.10 Å². The molecule has 0 fully saturated rings. The minimum atomic E-state index is -0.0983. The smallest absolute Gasteiger partial charge is 0.241 e. The molecular weight excluding hydrogens is 270 g/mol. The van der Waals surface area contributed by atoms with Gasteiger partial charge in [0.15, 0.2) is 0 Å². The fraction of sp³-hybridized carbons (Fsp3) is 0.333. The van der Waals surface area contributed by atoms with Gasteiger partial charge in [0.2, 0.25) is 5.91 Å². The molecule has 5 heteroatoms. The number of benzene rings is 1. The molecule has 1 aromatic heterocycles. The van der Waals surface area contributed by atoms with Crippen LogP contribution in [-0.4, -0.2) is 27.5 Å². The second-order valence-corrected chi connectivity index (χ2v) is 6.24. The van der Waals surface area contributed by atoms with Crippen LogP contribution in [0.5, 0.6) is 0 Å². The number of hydrogen-bond donors (Lipinski definition) is 0. The van der Waals surface area contributed by atoms with Crippen LogP contribution in [0, 0.1) is 0 Å². The molecule has 104 valence electrons. The number of anilines is 1. The molecule has 1 aliphatic heterocycles. The largest absolute Gasteiger partial charge is 0.296 e. The van der Waals surface area contributed by atoms with Crippen molar-refractivity contribution in [3.8, 4) is 0 Å². The van der Waals surface area contributed by atoms with Crippen LogP contribution >= 0.6 is 11.8 Å². The highest BCUT2D eigenvalue weighted by atomic mass is 32.2. The van der Waals surface area contributed by atoms with Crippen LogP contribution in [0.4, 0.5) is 5.82 Å². The molecule has 0 N–H and O–H groups in total. The normalized spacial score (nSPS) is 15.8. The van der Waals surface area contributed by atoms with Crippen molar-refractivity contribution in [3.05, 3.63) is 42.6 Å². The second-order valence-electron chi connectivity index (χ2n) is 4.83. The van der Waals surface area contributed by atoms with Crippen LogP contribution in [0.15, 0.2) is 47.5 Å². The maximum atomic E-state index is 12.6. The van der Waals surface area contributed by atoms with Crippen LogP contribution in [0.25, 0.3) is 0 Å². The quantitative estimate of drug-likeness (QED) is 0.815. The van der Waals surface area contributed by atoms with Gasteiger partial charge in [-0.3, -0.25) is 9.69 Å². The number of nitrogens with zero attached hydrogens (tertiary/aromatic N) is 3. The number of rotatable bonds is 3. The molecule has 4 nitrogen and oxygen atoms in total. The summed E-state index contributed by atoms with van der Waals surface area (Å²) in [5, 5.41) is 4.15. The lowest BCUT2D eigenvalue weighted by Crippen LogP contribution is -2.41. The lowest BCUT2D eigenvalue weighted by atomic mass is 10.3. The van der Waals surface area contributed by atoms with E-state index in [0.717, 1.165) is 30.2 Å². The van der Waals surface area contributed by atoms with E-state index in [1.54, 1.807) is 18.0 Å². The van der Waals surface area contributed by atoms with Gasteiger partial charge >= 0.3 is 0 Å². The highest BCUT2D eigenvalue weighted by Gasteiger charge is 2.27. The Morgan fingerprint density at radius 2 is 2.05 bits per heavy atom. The van der Waals surface area contributed by atoms with E-state index in [1.807, 2.05) is 52.9 Å². The Kier molecular flexibility index (Phi) is 3.78. The average molecular weight is 287 g/mol. The summed E-state index contributed by atoms with van der Waals surface area (Å²) in [5.74, 6) is 1.07. The molecule has 1 amide bonds. The molecule has 20 heavy (non-hydrogen) atoms. The number of hydrogen-bond acceptors (Lipinski definition) is 3. The van der Waals surface area contributed by atoms with E-state index < -0.39 is 0 Å². The molecule has 0 aliphatic carbocycles. The lowest BCUT2D eigenvalue weighted by Gasteiger charge is -2.29. The highest BCUT2D eigenvalue weighted by molar-refractivity contribution is 8.00. The highest BCUT2D eigenvalue weighted by Crippen LogP contribution is 2.27. The monoisotopic (exact) mass is 287 g/mol. The van der Waals surface area contributed by atoms with E-state index in [1.165, 1.54) is 0 Å². The third kappa shape index (κ3) is 2.58. The Hall–Kier alpha value is -1.75. The number of aromatic nitrogens is 2. The molecule has 0 radical (unpaired) electrons. The van der Waals surface area contributed by atoms with Crippen molar-refractivity contribution >= 4 is 23.5 Å². The molecule has 1 aromatic carbocycles. The van der Waals surface area contributed by atoms with Crippen LogP contribution in [0.2, 0.25) is 0 Å². The summed E-state index contributed by atoms with van der Waals surface area (Å²) < 4.78 is 1.90. The molecule has 0 saturated heterocycles. The number of fused-ring (bicyclic) bond motifs is 1. The van der Waals surface area contributed by atoms with E-state index >= 15 is 0 Å². The van der Waals surface area contributed by atoms with Crippen molar-refractivity contribution in [1.29, 1.82) is 0 Å². The van der Waals surface area contributed by atoms with Crippen LogP contribution in [0.3, 0.4) is 0 Å². The van der Waals surface area contributed by atoms with E-state index in [-0.39, 0.29) is 11.2 Å². The zero-order valence-corrected chi connectivity index (χ0v) is 12.2. The topological polar surface area (TPSA) is 38.1 Å². The van der Waals surface area contributed by atoms with Crippen molar-refractivity contribution in [3.63, 3.8) is 0 Å². The summed E-state index contributed by atoms with van der Waals surface area (Å²) in [5.41, 5.74) is 0. The Morgan fingerprint density at radius 3 is 2.85 bits per heavy atom. The fourth-order valence-electron chi connectivity index (χ4n) is 2.42. The summed E-state index contributed by atoms with van der Waals surface area (Å²) in [4.78, 5) is 15.6. The van der Waals surface area contributed by atoms with Gasteiger partial charge in [-0.05, 0) is 25.5 Å². The van der Waals surface area contributed by atoms with Crippen molar-refractivity contribution in [2.45, 2.75) is 30.0 Å². The third-order valence-electron chi connectivity index (χ3n) is 3.39. The first-order valence-electron chi connectivity index (χ1n) is 6.80. The number of carbonyl (C=O) groups is 1. The third-order valence-corrected chi connectivity index (χ3v) is 4.49.